The summed E-state index contributed by atoms with van der Waals surface area (Å²) < 4.78 is 34.6. The molecular formula is C10H11F2NO3P+. The molecule has 4 nitrogen and oxygen atoms in total. The van der Waals surface area contributed by atoms with E-state index in [0.717, 1.165) is 0 Å². The summed E-state index contributed by atoms with van der Waals surface area (Å²) in [4.78, 5) is 10.7. The van der Waals surface area contributed by atoms with Gasteiger partial charge in [-0.2, -0.15) is 8.78 Å². The summed E-state index contributed by atoms with van der Waals surface area (Å²) in [7, 11) is -0.588. The first-order valence-corrected chi connectivity index (χ1v) is 5.68. The Morgan fingerprint density at radius 3 is 2.35 bits per heavy atom. The van der Waals surface area contributed by atoms with Crippen molar-refractivity contribution in [3.8, 4) is 0 Å². The van der Waals surface area contributed by atoms with Crippen molar-refractivity contribution in [2.24, 2.45) is 0 Å². The molecule has 1 aromatic rings. The molecule has 1 unspecified atom stereocenters. The molecule has 1 aromatic carbocycles. The summed E-state index contributed by atoms with van der Waals surface area (Å²) in [5.74, 6) is -1.33. The molecule has 2 N–H and O–H groups in total. The summed E-state index contributed by atoms with van der Waals surface area (Å²) in [5, 5.41) is 11.0. The molecule has 0 bridgehead atoms. The van der Waals surface area contributed by atoms with Crippen LogP contribution in [0.15, 0.2) is 24.3 Å². The normalized spacial score (nSPS) is 12.9. The van der Waals surface area contributed by atoms with Crippen LogP contribution in [0.4, 0.5) is 8.78 Å². The van der Waals surface area contributed by atoms with Crippen molar-refractivity contribution >= 4 is 19.7 Å². The number of hydrogen-bond donors (Lipinski definition) is 2. The van der Waals surface area contributed by atoms with Crippen LogP contribution in [0.5, 0.6) is 0 Å². The highest BCUT2D eigenvalue weighted by molar-refractivity contribution is 7.34. The minimum atomic E-state index is -2.88. The van der Waals surface area contributed by atoms with Crippen molar-refractivity contribution in [3.05, 3.63) is 29.8 Å². The highest BCUT2D eigenvalue weighted by atomic mass is 31.1. The van der Waals surface area contributed by atoms with Crippen molar-refractivity contribution in [1.29, 1.82) is 0 Å². The molecule has 0 saturated heterocycles. The van der Waals surface area contributed by atoms with E-state index >= 15 is 0 Å². The van der Waals surface area contributed by atoms with Gasteiger partial charge in [0, 0.05) is 0 Å². The Morgan fingerprint density at radius 2 is 1.94 bits per heavy atom. The zero-order chi connectivity index (χ0) is 12.8. The quantitative estimate of drug-likeness (QED) is 0.596. The molecule has 7 heteroatoms. The van der Waals surface area contributed by atoms with Gasteiger partial charge in [0.1, 0.15) is 6.04 Å². The van der Waals surface area contributed by atoms with Crippen LogP contribution in [-0.4, -0.2) is 23.7 Å². The number of carboxylic acid groups (broad SMARTS) is 1. The predicted octanol–water partition coefficient (Wildman–Crippen LogP) is 1.14. The minimum absolute atomic E-state index is 0.0536. The minimum Gasteiger partial charge on any atom is -0.480 e. The third-order valence-electron chi connectivity index (χ3n) is 2.14. The lowest BCUT2D eigenvalue weighted by molar-refractivity contribution is -0.140. The van der Waals surface area contributed by atoms with Crippen molar-refractivity contribution < 1.29 is 23.2 Å². The average Bonchev–Trinajstić information content (AvgIpc) is 2.28. The van der Waals surface area contributed by atoms with Crippen LogP contribution in [0.2, 0.25) is 0 Å². The van der Waals surface area contributed by atoms with Crippen LogP contribution in [-0.2, 0) is 15.8 Å². The van der Waals surface area contributed by atoms with Gasteiger partial charge >= 0.3 is 14.4 Å². The van der Waals surface area contributed by atoms with E-state index in [4.69, 9.17) is 5.11 Å². The zero-order valence-corrected chi connectivity index (χ0v) is 9.69. The highest BCUT2D eigenvalue weighted by Gasteiger charge is 2.21. The lowest BCUT2D eigenvalue weighted by Gasteiger charge is -2.13. The van der Waals surface area contributed by atoms with E-state index in [-0.39, 0.29) is 6.42 Å². The number of benzene rings is 1. The van der Waals surface area contributed by atoms with Gasteiger partial charge in [0.2, 0.25) is 0 Å². The molecule has 0 heterocycles. The molecule has 0 amide bonds. The van der Waals surface area contributed by atoms with Gasteiger partial charge in [-0.05, 0) is 24.1 Å². The molecule has 0 aliphatic rings. The first-order valence-electron chi connectivity index (χ1n) is 4.77. The second-order valence-corrected chi connectivity index (χ2v) is 4.14. The fourth-order valence-electron chi connectivity index (χ4n) is 1.31. The molecule has 0 fully saturated rings. The molecule has 17 heavy (non-hydrogen) atoms. The lowest BCUT2D eigenvalue weighted by Crippen LogP contribution is -2.41. The maximum Gasteiger partial charge on any atom is 0.363 e. The van der Waals surface area contributed by atoms with E-state index in [2.05, 4.69) is 0 Å². The Hall–Kier alpha value is -1.39. The fraction of sp³-hybridized carbons (Fsp3) is 0.300. The van der Waals surface area contributed by atoms with Crippen LogP contribution in [0.1, 0.15) is 5.56 Å². The summed E-state index contributed by atoms with van der Waals surface area (Å²) in [5.41, 5.74) is 0.590. The van der Waals surface area contributed by atoms with Crippen LogP contribution in [0.3, 0.4) is 0 Å². The second-order valence-electron chi connectivity index (χ2n) is 3.36. The van der Waals surface area contributed by atoms with E-state index in [1.165, 1.54) is 0 Å². The Kier molecular flexibility index (Phi) is 5.12. The number of carbonyl (C=O) groups is 1. The van der Waals surface area contributed by atoms with Crippen molar-refractivity contribution in [3.63, 3.8) is 0 Å². The van der Waals surface area contributed by atoms with E-state index in [9.17, 15) is 18.1 Å². The third-order valence-corrected chi connectivity index (χ3v) is 2.71. The Bertz CT molecular complexity index is 397. The molecule has 0 saturated carbocycles. The smallest absolute Gasteiger partial charge is 0.363 e. The molecule has 2 atom stereocenters. The summed E-state index contributed by atoms with van der Waals surface area (Å²) >= 11 is 0. The molecule has 0 aliphatic carbocycles. The maximum atomic E-state index is 12.1. The fourth-order valence-corrected chi connectivity index (χ4v) is 1.62. The number of rotatable bonds is 6. The summed E-state index contributed by atoms with van der Waals surface area (Å²) in [6.45, 7) is -2.88. The second kappa shape index (κ2) is 6.37. The van der Waals surface area contributed by atoms with Crippen LogP contribution in [0, 0.1) is 0 Å². The number of nitrogens with one attached hydrogen (secondary N) is 1. The molecule has 1 rings (SSSR count). The lowest BCUT2D eigenvalue weighted by atomic mass is 10.1. The van der Waals surface area contributed by atoms with Crippen molar-refractivity contribution in [2.75, 3.05) is 0 Å². The molecular weight excluding hydrogens is 251 g/mol. The summed E-state index contributed by atoms with van der Waals surface area (Å²) in [6.07, 6.45) is -0.0536. The van der Waals surface area contributed by atoms with E-state index in [0.29, 0.717) is 10.9 Å². The number of alkyl halides is 2. The third kappa shape index (κ3) is 4.54. The standard InChI is InChI=1S/C10H10F2NO3P/c11-10(12)13-8(9(14)15)5-6-1-3-7(17-16)4-2-6/h1-4,8,10,13H,5H2,(H,14,15)/p+1/t8-/m0/s1. The van der Waals surface area contributed by atoms with Gasteiger partial charge < -0.3 is 5.11 Å². The number of hydrogen-bond acceptors (Lipinski definition) is 3. The van der Waals surface area contributed by atoms with Gasteiger partial charge in [-0.25, -0.2) is 5.32 Å². The molecule has 0 radical (unpaired) electrons. The Morgan fingerprint density at radius 1 is 1.35 bits per heavy atom. The Balaban J connectivity index is 2.71. The Labute approximate surface area is 97.8 Å². The van der Waals surface area contributed by atoms with Gasteiger partial charge in [-0.1, -0.05) is 16.7 Å². The first kappa shape index (κ1) is 13.7. The van der Waals surface area contributed by atoms with Crippen LogP contribution >= 0.6 is 8.46 Å². The van der Waals surface area contributed by atoms with Gasteiger partial charge in [-0.15, -0.1) is 0 Å². The van der Waals surface area contributed by atoms with Gasteiger partial charge in [0.25, 0.3) is 6.55 Å². The number of carboxylic acids is 1. The largest absolute Gasteiger partial charge is 0.480 e. The monoisotopic (exact) mass is 262 g/mol. The zero-order valence-electron chi connectivity index (χ0n) is 8.69. The molecule has 0 aliphatic heterocycles. The van der Waals surface area contributed by atoms with Gasteiger partial charge in [-0.3, -0.25) is 4.79 Å². The van der Waals surface area contributed by atoms with Gasteiger partial charge in [0.05, 0.1) is 0 Å². The summed E-state index contributed by atoms with van der Waals surface area (Å²) in [6, 6.07) is 4.95. The molecule has 92 valence electrons. The van der Waals surface area contributed by atoms with Crippen molar-refractivity contribution in [2.45, 2.75) is 19.0 Å². The van der Waals surface area contributed by atoms with E-state index in [1.54, 1.807) is 29.6 Å². The maximum absolute atomic E-state index is 12.1. The van der Waals surface area contributed by atoms with Crippen LogP contribution < -0.4 is 10.6 Å². The van der Waals surface area contributed by atoms with E-state index in [1.807, 2.05) is 0 Å². The van der Waals surface area contributed by atoms with Gasteiger partial charge in [0.15, 0.2) is 5.30 Å². The topological polar surface area (TPSA) is 66.4 Å². The van der Waals surface area contributed by atoms with E-state index < -0.39 is 27.0 Å². The molecule has 0 aromatic heterocycles. The SMILES string of the molecule is O=[PH+]c1ccc(C[C@H](NC(F)F)C(=O)O)cc1. The van der Waals surface area contributed by atoms with Crippen LogP contribution in [0.25, 0.3) is 0 Å². The van der Waals surface area contributed by atoms with Crippen molar-refractivity contribution in [1.82, 2.24) is 5.32 Å². The number of aliphatic carboxylic acids is 1. The highest BCUT2D eigenvalue weighted by Crippen LogP contribution is 2.06. The molecule has 0 spiro atoms. The predicted molar refractivity (Wildman–Crippen MR) is 59.3 cm³/mol. The number of halogens is 2. The first-order chi connectivity index (χ1) is 8.02. The average molecular weight is 262 g/mol.